The van der Waals surface area contributed by atoms with Gasteiger partial charge in [-0.3, -0.25) is 4.79 Å². The first kappa shape index (κ1) is 11.7. The second kappa shape index (κ2) is 4.70. The first-order valence-corrected chi connectivity index (χ1v) is 5.95. The molecule has 0 aliphatic carbocycles. The van der Waals surface area contributed by atoms with Gasteiger partial charge in [-0.15, -0.1) is 0 Å². The van der Waals surface area contributed by atoms with Crippen LogP contribution in [0, 0.1) is 0 Å². The highest BCUT2D eigenvalue weighted by Crippen LogP contribution is 2.22. The largest absolute Gasteiger partial charge is 0.396 e. The van der Waals surface area contributed by atoms with Crippen LogP contribution in [0.15, 0.2) is 36.5 Å². The third-order valence-corrected chi connectivity index (χ3v) is 3.05. The molecule has 0 radical (unpaired) electrons. The quantitative estimate of drug-likeness (QED) is 0.859. The molecule has 1 aliphatic rings. The summed E-state index contributed by atoms with van der Waals surface area (Å²) in [4.78, 5) is 16.2. The van der Waals surface area contributed by atoms with Crippen LogP contribution >= 0.6 is 0 Å². The predicted molar refractivity (Wildman–Crippen MR) is 71.5 cm³/mol. The topological polar surface area (TPSA) is 77.2 Å². The molecule has 3 rings (SSSR count). The number of aromatic nitrogens is 1. The maximum Gasteiger partial charge on any atom is 0.256 e. The predicted octanol–water partition coefficient (Wildman–Crippen LogP) is 1.95. The summed E-state index contributed by atoms with van der Waals surface area (Å²) >= 11 is 0. The third-order valence-electron chi connectivity index (χ3n) is 3.05. The molecular weight excluding hydrogens is 242 g/mol. The molecule has 0 atom stereocenters. The maximum atomic E-state index is 12.1. The van der Waals surface area contributed by atoms with Crippen molar-refractivity contribution in [2.75, 3.05) is 11.1 Å². The molecule has 0 spiro atoms. The van der Waals surface area contributed by atoms with E-state index in [0.717, 1.165) is 11.1 Å². The number of nitrogen functional groups attached to an aromatic ring is 1. The van der Waals surface area contributed by atoms with Crippen molar-refractivity contribution in [2.45, 2.75) is 13.2 Å². The van der Waals surface area contributed by atoms with E-state index in [1.807, 2.05) is 12.1 Å². The minimum absolute atomic E-state index is 0.222. The standard InChI is InChI=1S/C14H13N3O2/c15-12-2-1-5-16-13(12)17-14(18)9-3-4-10-7-19-8-11(10)6-9/h1-6H,7-8,15H2,(H,16,17,18). The highest BCUT2D eigenvalue weighted by molar-refractivity contribution is 6.05. The molecule has 5 heteroatoms. The van der Waals surface area contributed by atoms with Crippen molar-refractivity contribution < 1.29 is 9.53 Å². The van der Waals surface area contributed by atoms with E-state index in [2.05, 4.69) is 10.3 Å². The van der Waals surface area contributed by atoms with Gasteiger partial charge in [-0.05, 0) is 35.4 Å². The fourth-order valence-corrected chi connectivity index (χ4v) is 2.02. The monoisotopic (exact) mass is 255 g/mol. The molecule has 5 nitrogen and oxygen atoms in total. The molecule has 2 heterocycles. The number of hydrogen-bond acceptors (Lipinski definition) is 4. The molecule has 19 heavy (non-hydrogen) atoms. The van der Waals surface area contributed by atoms with Gasteiger partial charge in [0.2, 0.25) is 0 Å². The fourth-order valence-electron chi connectivity index (χ4n) is 2.02. The summed E-state index contributed by atoms with van der Waals surface area (Å²) < 4.78 is 5.32. The van der Waals surface area contributed by atoms with Crippen LogP contribution in [0.25, 0.3) is 0 Å². The molecule has 0 fully saturated rings. The van der Waals surface area contributed by atoms with Gasteiger partial charge in [0.25, 0.3) is 5.91 Å². The normalized spacial score (nSPS) is 13.1. The van der Waals surface area contributed by atoms with Crippen molar-refractivity contribution in [3.8, 4) is 0 Å². The zero-order valence-electron chi connectivity index (χ0n) is 10.2. The molecule has 0 unspecified atom stereocenters. The van der Waals surface area contributed by atoms with E-state index >= 15 is 0 Å². The lowest BCUT2D eigenvalue weighted by atomic mass is 10.1. The SMILES string of the molecule is Nc1cccnc1NC(=O)c1ccc2c(c1)COC2. The number of nitrogens with zero attached hydrogens (tertiary/aromatic N) is 1. The summed E-state index contributed by atoms with van der Waals surface area (Å²) in [5, 5.41) is 2.70. The zero-order chi connectivity index (χ0) is 13.2. The molecule has 2 aromatic rings. The van der Waals surface area contributed by atoms with Gasteiger partial charge < -0.3 is 15.8 Å². The Hall–Kier alpha value is -2.40. The number of pyridine rings is 1. The number of benzene rings is 1. The number of rotatable bonds is 2. The molecule has 0 bridgehead atoms. The number of fused-ring (bicyclic) bond motifs is 1. The van der Waals surface area contributed by atoms with Crippen LogP contribution in [0.2, 0.25) is 0 Å². The Kier molecular flexibility index (Phi) is 2.89. The van der Waals surface area contributed by atoms with Gasteiger partial charge >= 0.3 is 0 Å². The summed E-state index contributed by atoms with van der Waals surface area (Å²) in [6, 6.07) is 8.95. The van der Waals surface area contributed by atoms with Crippen LogP contribution in [0.3, 0.4) is 0 Å². The number of ether oxygens (including phenoxy) is 1. The number of hydrogen-bond donors (Lipinski definition) is 2. The molecule has 1 aromatic heterocycles. The summed E-state index contributed by atoms with van der Waals surface area (Å²) in [5.41, 5.74) is 8.95. The third kappa shape index (κ3) is 2.28. The molecule has 3 N–H and O–H groups in total. The first-order valence-electron chi connectivity index (χ1n) is 5.95. The van der Waals surface area contributed by atoms with Crippen LogP contribution in [0.4, 0.5) is 11.5 Å². The van der Waals surface area contributed by atoms with Crippen molar-refractivity contribution in [3.05, 3.63) is 53.2 Å². The van der Waals surface area contributed by atoms with Crippen LogP contribution in [-0.4, -0.2) is 10.9 Å². The molecule has 96 valence electrons. The van der Waals surface area contributed by atoms with Gasteiger partial charge in [0.15, 0.2) is 5.82 Å². The fraction of sp³-hybridized carbons (Fsp3) is 0.143. The lowest BCUT2D eigenvalue weighted by Crippen LogP contribution is -2.14. The summed E-state index contributed by atoms with van der Waals surface area (Å²) in [7, 11) is 0. The average molecular weight is 255 g/mol. The lowest BCUT2D eigenvalue weighted by Gasteiger charge is -2.07. The first-order chi connectivity index (χ1) is 9.24. The van der Waals surface area contributed by atoms with Gasteiger partial charge in [0, 0.05) is 11.8 Å². The highest BCUT2D eigenvalue weighted by Gasteiger charge is 2.15. The Morgan fingerprint density at radius 2 is 2.11 bits per heavy atom. The summed E-state index contributed by atoms with van der Waals surface area (Å²) in [6.07, 6.45) is 1.59. The highest BCUT2D eigenvalue weighted by atomic mass is 16.5. The second-order valence-corrected chi connectivity index (χ2v) is 4.37. The van der Waals surface area contributed by atoms with E-state index in [-0.39, 0.29) is 5.91 Å². The van der Waals surface area contributed by atoms with Gasteiger partial charge in [-0.2, -0.15) is 0 Å². The van der Waals surface area contributed by atoms with Crippen molar-refractivity contribution in [1.29, 1.82) is 0 Å². The molecule has 0 saturated heterocycles. The summed E-state index contributed by atoms with van der Waals surface area (Å²) in [5.74, 6) is 0.157. The van der Waals surface area contributed by atoms with Gasteiger partial charge in [-0.25, -0.2) is 4.98 Å². The van der Waals surface area contributed by atoms with Crippen LogP contribution in [0.5, 0.6) is 0 Å². The smallest absolute Gasteiger partial charge is 0.256 e. The summed E-state index contributed by atoms with van der Waals surface area (Å²) in [6.45, 7) is 1.17. The Bertz CT molecular complexity index is 640. The number of nitrogens with one attached hydrogen (secondary N) is 1. The van der Waals surface area contributed by atoms with Crippen LogP contribution in [0.1, 0.15) is 21.5 Å². The molecular formula is C14H13N3O2. The number of carbonyl (C=O) groups is 1. The van der Waals surface area contributed by atoms with Crippen LogP contribution < -0.4 is 11.1 Å². The van der Waals surface area contributed by atoms with E-state index in [9.17, 15) is 4.79 Å². The zero-order valence-corrected chi connectivity index (χ0v) is 10.2. The van der Waals surface area contributed by atoms with E-state index < -0.39 is 0 Å². The van der Waals surface area contributed by atoms with Crippen LogP contribution in [-0.2, 0) is 18.0 Å². The number of anilines is 2. The van der Waals surface area contributed by atoms with E-state index in [1.165, 1.54) is 0 Å². The number of amides is 1. The Labute approximate surface area is 110 Å². The lowest BCUT2D eigenvalue weighted by molar-refractivity contribution is 0.102. The minimum atomic E-state index is -0.222. The van der Waals surface area contributed by atoms with Gasteiger partial charge in [0.1, 0.15) is 0 Å². The second-order valence-electron chi connectivity index (χ2n) is 4.37. The van der Waals surface area contributed by atoms with Gasteiger partial charge in [-0.1, -0.05) is 6.07 Å². The van der Waals surface area contributed by atoms with Crippen molar-refractivity contribution in [2.24, 2.45) is 0 Å². The Morgan fingerprint density at radius 1 is 1.26 bits per heavy atom. The molecule has 1 aliphatic heterocycles. The Balaban J connectivity index is 1.83. The minimum Gasteiger partial charge on any atom is -0.396 e. The number of nitrogens with two attached hydrogens (primary N) is 1. The maximum absolute atomic E-state index is 12.1. The average Bonchev–Trinajstić information content (AvgIpc) is 2.88. The molecule has 0 saturated carbocycles. The number of carbonyl (C=O) groups excluding carboxylic acids is 1. The van der Waals surface area contributed by atoms with Crippen molar-refractivity contribution in [3.63, 3.8) is 0 Å². The molecule has 1 amide bonds. The van der Waals surface area contributed by atoms with Crippen molar-refractivity contribution >= 4 is 17.4 Å². The van der Waals surface area contributed by atoms with Gasteiger partial charge in [0.05, 0.1) is 18.9 Å². The Morgan fingerprint density at radius 3 is 2.95 bits per heavy atom. The van der Waals surface area contributed by atoms with Crippen molar-refractivity contribution in [1.82, 2.24) is 4.98 Å². The molecule has 1 aromatic carbocycles. The van der Waals surface area contributed by atoms with E-state index in [4.69, 9.17) is 10.5 Å². The van der Waals surface area contributed by atoms with E-state index in [1.54, 1.807) is 24.4 Å². The van der Waals surface area contributed by atoms with E-state index in [0.29, 0.717) is 30.3 Å².